The number of anilines is 1. The van der Waals surface area contributed by atoms with Crippen LogP contribution in [-0.2, 0) is 17.6 Å². The van der Waals surface area contributed by atoms with Crippen LogP contribution >= 0.6 is 23.1 Å². The molecule has 1 aliphatic carbocycles. The van der Waals surface area contributed by atoms with Gasteiger partial charge >= 0.3 is 0 Å². The van der Waals surface area contributed by atoms with Gasteiger partial charge in [-0.3, -0.25) is 10.1 Å². The van der Waals surface area contributed by atoms with Crippen molar-refractivity contribution in [2.24, 2.45) is 0 Å². The number of nitrogens with one attached hydrogen (secondary N) is 1. The van der Waals surface area contributed by atoms with Crippen LogP contribution in [0.15, 0.2) is 22.5 Å². The predicted octanol–water partition coefficient (Wildman–Crippen LogP) is 3.94. The van der Waals surface area contributed by atoms with E-state index in [1.165, 1.54) is 35.3 Å². The minimum Gasteiger partial charge on any atom is -0.483 e. The Bertz CT molecular complexity index is 703. The van der Waals surface area contributed by atoms with Gasteiger partial charge in [0, 0.05) is 5.75 Å². The van der Waals surface area contributed by atoms with E-state index in [0.717, 1.165) is 35.1 Å². The summed E-state index contributed by atoms with van der Waals surface area (Å²) in [6.07, 6.45) is 5.62. The van der Waals surface area contributed by atoms with Crippen molar-refractivity contribution >= 4 is 34.1 Å². The average molecular weight is 364 g/mol. The van der Waals surface area contributed by atoms with Crippen molar-refractivity contribution < 1.29 is 9.53 Å². The Hall–Kier alpha value is -1.60. The van der Waals surface area contributed by atoms with Crippen LogP contribution in [0.5, 0.6) is 5.75 Å². The number of nitrogens with zero attached hydrogens (tertiary/aromatic N) is 2. The summed E-state index contributed by atoms with van der Waals surface area (Å²) in [5.74, 6) is 1.63. The molecule has 0 bridgehead atoms. The van der Waals surface area contributed by atoms with Crippen molar-refractivity contribution in [3.63, 3.8) is 0 Å². The number of aromatic nitrogens is 2. The van der Waals surface area contributed by atoms with Crippen LogP contribution in [0.4, 0.5) is 5.13 Å². The van der Waals surface area contributed by atoms with Gasteiger partial charge in [-0.2, -0.15) is 0 Å². The Balaban J connectivity index is 1.53. The van der Waals surface area contributed by atoms with Crippen LogP contribution in [0.2, 0.25) is 0 Å². The first-order valence-corrected chi connectivity index (χ1v) is 10.1. The fraction of sp³-hybridized carbons (Fsp3) is 0.471. The van der Waals surface area contributed by atoms with Crippen LogP contribution in [0.3, 0.4) is 0 Å². The number of ether oxygens (including phenoxy) is 1. The molecule has 1 aromatic carbocycles. The number of amides is 1. The lowest BCUT2D eigenvalue weighted by atomic mass is 9.91. The Labute approximate surface area is 150 Å². The van der Waals surface area contributed by atoms with Gasteiger partial charge in [0.1, 0.15) is 5.75 Å². The maximum atomic E-state index is 12.1. The van der Waals surface area contributed by atoms with E-state index in [-0.39, 0.29) is 12.5 Å². The van der Waals surface area contributed by atoms with E-state index in [9.17, 15) is 4.79 Å². The second-order valence-electron chi connectivity index (χ2n) is 5.66. The van der Waals surface area contributed by atoms with E-state index < -0.39 is 0 Å². The molecule has 1 heterocycles. The summed E-state index contributed by atoms with van der Waals surface area (Å²) in [7, 11) is 0. The molecule has 0 radical (unpaired) electrons. The molecule has 0 atom stereocenters. The second-order valence-corrected chi connectivity index (χ2v) is 7.98. The molecule has 1 amide bonds. The highest BCUT2D eigenvalue weighted by Crippen LogP contribution is 2.29. The van der Waals surface area contributed by atoms with Crippen molar-refractivity contribution in [3.05, 3.63) is 29.3 Å². The monoisotopic (exact) mass is 363 g/mol. The molecule has 0 saturated carbocycles. The number of rotatable bonds is 7. The van der Waals surface area contributed by atoms with E-state index in [4.69, 9.17) is 4.74 Å². The first-order chi connectivity index (χ1) is 11.8. The van der Waals surface area contributed by atoms with Crippen molar-refractivity contribution in [1.82, 2.24) is 10.2 Å². The van der Waals surface area contributed by atoms with Crippen LogP contribution in [-0.4, -0.2) is 28.5 Å². The molecule has 1 N–H and O–H groups in total. The summed E-state index contributed by atoms with van der Waals surface area (Å²) in [6, 6.07) is 6.10. The maximum absolute atomic E-state index is 12.1. The minimum atomic E-state index is -0.202. The number of carbonyl (C=O) groups excluding carboxylic acids is 1. The number of thioether (sulfide) groups is 1. The van der Waals surface area contributed by atoms with Crippen molar-refractivity contribution in [2.75, 3.05) is 17.7 Å². The highest BCUT2D eigenvalue weighted by molar-refractivity contribution is 8.01. The normalized spacial score (nSPS) is 13.4. The summed E-state index contributed by atoms with van der Waals surface area (Å²) in [5.41, 5.74) is 2.60. The standard InChI is InChI=1S/C17H21N3O2S2/c1-2-10-23-17-20-19-16(24-17)18-15(21)11-22-14-9-5-7-12-6-3-4-8-13(12)14/h5,7,9H,2-4,6,8,10-11H2,1H3,(H,18,19,21). The molecule has 0 aliphatic heterocycles. The molecule has 0 unspecified atom stereocenters. The van der Waals surface area contributed by atoms with Gasteiger partial charge in [-0.1, -0.05) is 42.2 Å². The number of hydrogen-bond acceptors (Lipinski definition) is 6. The van der Waals surface area contributed by atoms with E-state index in [1.807, 2.05) is 12.1 Å². The summed E-state index contributed by atoms with van der Waals surface area (Å²) in [4.78, 5) is 12.1. The van der Waals surface area contributed by atoms with E-state index in [2.05, 4.69) is 28.5 Å². The molecule has 5 nitrogen and oxygen atoms in total. The number of carbonyl (C=O) groups is 1. The van der Waals surface area contributed by atoms with Gasteiger partial charge in [-0.25, -0.2) is 0 Å². The molecule has 0 fully saturated rings. The Kier molecular flexibility index (Phi) is 6.09. The molecule has 7 heteroatoms. The predicted molar refractivity (Wildman–Crippen MR) is 98.1 cm³/mol. The fourth-order valence-corrected chi connectivity index (χ4v) is 4.38. The summed E-state index contributed by atoms with van der Waals surface area (Å²) >= 11 is 3.06. The summed E-state index contributed by atoms with van der Waals surface area (Å²) in [6.45, 7) is 2.11. The number of hydrogen-bond donors (Lipinski definition) is 1. The highest BCUT2D eigenvalue weighted by Gasteiger charge is 2.15. The van der Waals surface area contributed by atoms with Crippen LogP contribution in [0, 0.1) is 0 Å². The van der Waals surface area contributed by atoms with Gasteiger partial charge in [0.05, 0.1) is 0 Å². The van der Waals surface area contributed by atoms with Gasteiger partial charge in [0.25, 0.3) is 5.91 Å². The van der Waals surface area contributed by atoms with E-state index in [0.29, 0.717) is 5.13 Å². The topological polar surface area (TPSA) is 64.1 Å². The molecular weight excluding hydrogens is 342 g/mol. The molecule has 0 saturated heterocycles. The van der Waals surface area contributed by atoms with Crippen LogP contribution in [0.1, 0.15) is 37.3 Å². The fourth-order valence-electron chi connectivity index (χ4n) is 2.69. The SMILES string of the molecule is CCCSc1nnc(NC(=O)COc2cccc3c2CCCC3)s1. The molecule has 128 valence electrons. The Morgan fingerprint density at radius 1 is 1.33 bits per heavy atom. The third-order valence-corrected chi connectivity index (χ3v) is 5.97. The van der Waals surface area contributed by atoms with Gasteiger partial charge in [-0.05, 0) is 49.3 Å². The van der Waals surface area contributed by atoms with Crippen molar-refractivity contribution in [3.8, 4) is 5.75 Å². The zero-order chi connectivity index (χ0) is 16.8. The van der Waals surface area contributed by atoms with Crippen molar-refractivity contribution in [1.29, 1.82) is 0 Å². The molecule has 3 rings (SSSR count). The minimum absolute atomic E-state index is 0.00648. The lowest BCUT2D eigenvalue weighted by Crippen LogP contribution is -2.20. The first kappa shape index (κ1) is 17.2. The zero-order valence-electron chi connectivity index (χ0n) is 13.7. The van der Waals surface area contributed by atoms with Crippen LogP contribution < -0.4 is 10.1 Å². The van der Waals surface area contributed by atoms with Gasteiger partial charge in [0.15, 0.2) is 10.9 Å². The van der Waals surface area contributed by atoms with Crippen LogP contribution in [0.25, 0.3) is 0 Å². The van der Waals surface area contributed by atoms with E-state index in [1.54, 1.807) is 11.8 Å². The lowest BCUT2D eigenvalue weighted by molar-refractivity contribution is -0.118. The molecule has 24 heavy (non-hydrogen) atoms. The van der Waals surface area contributed by atoms with Gasteiger partial charge < -0.3 is 4.74 Å². The number of benzene rings is 1. The molecule has 1 aliphatic rings. The Morgan fingerprint density at radius 3 is 3.08 bits per heavy atom. The zero-order valence-corrected chi connectivity index (χ0v) is 15.3. The first-order valence-electron chi connectivity index (χ1n) is 8.26. The highest BCUT2D eigenvalue weighted by atomic mass is 32.2. The molecule has 2 aromatic rings. The van der Waals surface area contributed by atoms with Crippen molar-refractivity contribution in [2.45, 2.75) is 43.4 Å². The molecule has 0 spiro atoms. The smallest absolute Gasteiger partial charge is 0.264 e. The van der Waals surface area contributed by atoms with Gasteiger partial charge in [-0.15, -0.1) is 10.2 Å². The average Bonchev–Trinajstić information content (AvgIpc) is 3.05. The molecule has 1 aromatic heterocycles. The van der Waals surface area contributed by atoms with E-state index >= 15 is 0 Å². The number of aryl methyl sites for hydroxylation is 1. The third kappa shape index (κ3) is 4.48. The Morgan fingerprint density at radius 2 is 2.21 bits per heavy atom. The summed E-state index contributed by atoms with van der Waals surface area (Å²) < 4.78 is 6.63. The molecular formula is C17H21N3O2S2. The number of fused-ring (bicyclic) bond motifs is 1. The maximum Gasteiger partial charge on any atom is 0.264 e. The lowest BCUT2D eigenvalue weighted by Gasteiger charge is -2.19. The quantitative estimate of drug-likeness (QED) is 0.596. The second kappa shape index (κ2) is 8.48. The largest absolute Gasteiger partial charge is 0.483 e. The third-order valence-electron chi connectivity index (χ3n) is 3.79. The van der Waals surface area contributed by atoms with Gasteiger partial charge in [0.2, 0.25) is 5.13 Å². The summed E-state index contributed by atoms with van der Waals surface area (Å²) in [5, 5.41) is 11.3.